The molecule has 0 aromatic heterocycles. The molecule has 82 valence electrons. The summed E-state index contributed by atoms with van der Waals surface area (Å²) >= 11 is 0. The average molecular weight is 200 g/mol. The number of amides is 1. The van der Waals surface area contributed by atoms with Crippen molar-refractivity contribution in [3.05, 3.63) is 0 Å². The monoisotopic (exact) mass is 200 g/mol. The van der Waals surface area contributed by atoms with Crippen molar-refractivity contribution in [3.8, 4) is 0 Å². The van der Waals surface area contributed by atoms with Gasteiger partial charge in [-0.15, -0.1) is 0 Å². The number of hydrogen-bond donors (Lipinski definition) is 2. The number of carbonyl (C=O) groups excluding carboxylic acids is 1. The Kier molecular flexibility index (Phi) is 4.90. The second-order valence-corrected chi connectivity index (χ2v) is 3.84. The van der Waals surface area contributed by atoms with Gasteiger partial charge in [0.05, 0.1) is 0 Å². The fourth-order valence-electron chi connectivity index (χ4n) is 1.59. The van der Waals surface area contributed by atoms with Gasteiger partial charge >= 0.3 is 0 Å². The Balaban J connectivity index is 2.15. The standard InChI is InChI=1S/C10H20N2O2/c1-8(14-2)10(13)12-7-9-4-3-5-11-6-9/h8-9,11H,3-7H2,1-2H3,(H,12,13)/t8-,9-/m0/s1. The molecule has 1 heterocycles. The van der Waals surface area contributed by atoms with E-state index >= 15 is 0 Å². The minimum absolute atomic E-state index is 0.0157. The molecule has 0 radical (unpaired) electrons. The minimum Gasteiger partial charge on any atom is -0.372 e. The van der Waals surface area contributed by atoms with E-state index in [1.807, 2.05) is 0 Å². The van der Waals surface area contributed by atoms with Crippen LogP contribution < -0.4 is 10.6 Å². The van der Waals surface area contributed by atoms with Gasteiger partial charge < -0.3 is 15.4 Å². The number of hydrogen-bond acceptors (Lipinski definition) is 3. The van der Waals surface area contributed by atoms with Gasteiger partial charge in [0.25, 0.3) is 0 Å². The van der Waals surface area contributed by atoms with Crippen LogP contribution in [-0.4, -0.2) is 38.8 Å². The van der Waals surface area contributed by atoms with Crippen molar-refractivity contribution in [2.24, 2.45) is 5.92 Å². The van der Waals surface area contributed by atoms with Crippen molar-refractivity contribution < 1.29 is 9.53 Å². The predicted molar refractivity (Wildman–Crippen MR) is 55.1 cm³/mol. The second kappa shape index (κ2) is 5.98. The summed E-state index contributed by atoms with van der Waals surface area (Å²) in [5.74, 6) is 0.565. The minimum atomic E-state index is -0.341. The normalized spacial score (nSPS) is 24.3. The fraction of sp³-hybridized carbons (Fsp3) is 0.900. The Labute approximate surface area is 85.4 Å². The van der Waals surface area contributed by atoms with Crippen LogP contribution in [0.1, 0.15) is 19.8 Å². The molecule has 2 atom stereocenters. The third kappa shape index (κ3) is 3.64. The van der Waals surface area contributed by atoms with Crippen LogP contribution in [-0.2, 0) is 9.53 Å². The van der Waals surface area contributed by atoms with E-state index in [9.17, 15) is 4.79 Å². The number of ether oxygens (including phenoxy) is 1. The first kappa shape index (κ1) is 11.5. The first-order valence-corrected chi connectivity index (χ1v) is 5.25. The number of carbonyl (C=O) groups is 1. The van der Waals surface area contributed by atoms with Gasteiger partial charge in [-0.1, -0.05) is 0 Å². The van der Waals surface area contributed by atoms with Crippen LogP contribution in [0.15, 0.2) is 0 Å². The Morgan fingerprint density at radius 3 is 3.07 bits per heavy atom. The summed E-state index contributed by atoms with van der Waals surface area (Å²) in [5.41, 5.74) is 0. The Bertz CT molecular complexity index is 179. The molecule has 1 aliphatic heterocycles. The number of rotatable bonds is 4. The van der Waals surface area contributed by atoms with Gasteiger partial charge in [0.15, 0.2) is 0 Å². The van der Waals surface area contributed by atoms with Gasteiger partial charge in [-0.25, -0.2) is 0 Å². The molecule has 0 unspecified atom stereocenters. The van der Waals surface area contributed by atoms with Crippen LogP contribution in [0.25, 0.3) is 0 Å². The van der Waals surface area contributed by atoms with E-state index in [4.69, 9.17) is 4.74 Å². The molecule has 0 aromatic carbocycles. The van der Waals surface area contributed by atoms with Crippen molar-refractivity contribution in [2.75, 3.05) is 26.7 Å². The maximum absolute atomic E-state index is 11.4. The van der Waals surface area contributed by atoms with Crippen LogP contribution >= 0.6 is 0 Å². The maximum atomic E-state index is 11.4. The highest BCUT2D eigenvalue weighted by molar-refractivity contribution is 5.80. The summed E-state index contributed by atoms with van der Waals surface area (Å²) < 4.78 is 4.92. The SMILES string of the molecule is CO[C@@H](C)C(=O)NC[C@H]1CCCNC1. The van der Waals surface area contributed by atoms with Crippen LogP contribution in [0.2, 0.25) is 0 Å². The first-order valence-electron chi connectivity index (χ1n) is 5.25. The maximum Gasteiger partial charge on any atom is 0.248 e. The molecule has 1 amide bonds. The molecular formula is C10H20N2O2. The van der Waals surface area contributed by atoms with Crippen molar-refractivity contribution >= 4 is 5.91 Å². The summed E-state index contributed by atoms with van der Waals surface area (Å²) in [6.07, 6.45) is 2.07. The highest BCUT2D eigenvalue weighted by Crippen LogP contribution is 2.08. The molecule has 0 aliphatic carbocycles. The lowest BCUT2D eigenvalue weighted by Crippen LogP contribution is -2.41. The third-order valence-corrected chi connectivity index (χ3v) is 2.69. The zero-order valence-corrected chi connectivity index (χ0v) is 9.01. The van der Waals surface area contributed by atoms with E-state index in [0.717, 1.165) is 19.6 Å². The summed E-state index contributed by atoms with van der Waals surface area (Å²) in [5, 5.41) is 6.22. The number of methoxy groups -OCH3 is 1. The summed E-state index contributed by atoms with van der Waals surface area (Å²) in [6.45, 7) is 4.65. The molecular weight excluding hydrogens is 180 g/mol. The molecule has 1 aliphatic rings. The van der Waals surface area contributed by atoms with Crippen molar-refractivity contribution in [3.63, 3.8) is 0 Å². The molecule has 1 saturated heterocycles. The molecule has 1 rings (SSSR count). The van der Waals surface area contributed by atoms with Crippen LogP contribution in [0.5, 0.6) is 0 Å². The van der Waals surface area contributed by atoms with Crippen LogP contribution in [0, 0.1) is 5.92 Å². The fourth-order valence-corrected chi connectivity index (χ4v) is 1.59. The predicted octanol–water partition coefficient (Wildman–Crippen LogP) is 0.137. The van der Waals surface area contributed by atoms with E-state index in [-0.39, 0.29) is 12.0 Å². The summed E-state index contributed by atoms with van der Waals surface area (Å²) in [7, 11) is 1.55. The van der Waals surface area contributed by atoms with Crippen molar-refractivity contribution in [1.82, 2.24) is 10.6 Å². The van der Waals surface area contributed by atoms with E-state index in [1.54, 1.807) is 14.0 Å². The molecule has 0 saturated carbocycles. The molecule has 4 nitrogen and oxygen atoms in total. The van der Waals surface area contributed by atoms with Gasteiger partial charge in [-0.3, -0.25) is 4.79 Å². The van der Waals surface area contributed by atoms with Crippen LogP contribution in [0.3, 0.4) is 0 Å². The average Bonchev–Trinajstić information content (AvgIpc) is 2.26. The largest absolute Gasteiger partial charge is 0.372 e. The molecule has 0 spiro atoms. The van der Waals surface area contributed by atoms with E-state index < -0.39 is 0 Å². The lowest BCUT2D eigenvalue weighted by molar-refractivity contribution is -0.130. The summed E-state index contributed by atoms with van der Waals surface area (Å²) in [4.78, 5) is 11.4. The second-order valence-electron chi connectivity index (χ2n) is 3.84. The highest BCUT2D eigenvalue weighted by Gasteiger charge is 2.16. The molecule has 0 bridgehead atoms. The van der Waals surface area contributed by atoms with E-state index in [1.165, 1.54) is 12.8 Å². The molecule has 14 heavy (non-hydrogen) atoms. The van der Waals surface area contributed by atoms with E-state index in [2.05, 4.69) is 10.6 Å². The zero-order valence-electron chi connectivity index (χ0n) is 9.01. The molecule has 0 aromatic rings. The molecule has 2 N–H and O–H groups in total. The van der Waals surface area contributed by atoms with Gasteiger partial charge in [-0.05, 0) is 38.8 Å². The summed E-state index contributed by atoms with van der Waals surface area (Å²) in [6, 6.07) is 0. The molecule has 1 fully saturated rings. The smallest absolute Gasteiger partial charge is 0.248 e. The van der Waals surface area contributed by atoms with Gasteiger partial charge in [0, 0.05) is 13.7 Å². The van der Waals surface area contributed by atoms with Crippen molar-refractivity contribution in [2.45, 2.75) is 25.9 Å². The lowest BCUT2D eigenvalue weighted by atomic mass is 10.00. The quantitative estimate of drug-likeness (QED) is 0.678. The number of piperidine rings is 1. The van der Waals surface area contributed by atoms with Gasteiger partial charge in [-0.2, -0.15) is 0 Å². The number of nitrogens with one attached hydrogen (secondary N) is 2. The third-order valence-electron chi connectivity index (χ3n) is 2.69. The Morgan fingerprint density at radius 2 is 2.50 bits per heavy atom. The van der Waals surface area contributed by atoms with Gasteiger partial charge in [0.1, 0.15) is 6.10 Å². The first-order chi connectivity index (χ1) is 6.74. The zero-order chi connectivity index (χ0) is 10.4. The van der Waals surface area contributed by atoms with Crippen LogP contribution in [0.4, 0.5) is 0 Å². The van der Waals surface area contributed by atoms with E-state index in [0.29, 0.717) is 5.92 Å². The Hall–Kier alpha value is -0.610. The van der Waals surface area contributed by atoms with Crippen molar-refractivity contribution in [1.29, 1.82) is 0 Å². The topological polar surface area (TPSA) is 50.4 Å². The highest BCUT2D eigenvalue weighted by atomic mass is 16.5. The molecule has 4 heteroatoms. The Morgan fingerprint density at radius 1 is 1.71 bits per heavy atom. The van der Waals surface area contributed by atoms with Gasteiger partial charge in [0.2, 0.25) is 5.91 Å². The lowest BCUT2D eigenvalue weighted by Gasteiger charge is -2.23.